The highest BCUT2D eigenvalue weighted by atomic mass is 32.3. The third-order valence-electron chi connectivity index (χ3n) is 3.09. The van der Waals surface area contributed by atoms with Gasteiger partial charge in [0.15, 0.2) is 0 Å². The highest BCUT2D eigenvalue weighted by Crippen LogP contribution is 2.43. The number of hydrogen-bond acceptors (Lipinski definition) is 6. The first-order valence-corrected chi connectivity index (χ1v) is 11.7. The van der Waals surface area contributed by atoms with Crippen molar-refractivity contribution >= 4 is 30.1 Å². The van der Waals surface area contributed by atoms with Gasteiger partial charge in [-0.05, 0) is 12.8 Å². The Kier molecular flexibility index (Phi) is 8.28. The zero-order chi connectivity index (χ0) is 24.6. The van der Waals surface area contributed by atoms with Crippen molar-refractivity contribution in [1.29, 1.82) is 0 Å². The first-order valence-electron chi connectivity index (χ1n) is 6.93. The molecule has 0 spiro atoms. The maximum absolute atomic E-state index is 12.4. The molecule has 1 rings (SSSR count). The van der Waals surface area contributed by atoms with Crippen LogP contribution in [0.4, 0.5) is 43.9 Å². The van der Waals surface area contributed by atoms with Crippen LogP contribution in [0.25, 0.3) is 0 Å². The van der Waals surface area contributed by atoms with Crippen molar-refractivity contribution in [2.24, 2.45) is 0 Å². The minimum absolute atomic E-state index is 0.721. The van der Waals surface area contributed by atoms with Gasteiger partial charge in [0.05, 0.1) is 6.26 Å². The second-order valence-electron chi connectivity index (χ2n) is 5.49. The number of rotatable bonds is 5. The monoisotopic (exact) mass is 530 g/mol. The van der Waals surface area contributed by atoms with Gasteiger partial charge in [-0.15, -0.1) is 0 Å². The van der Waals surface area contributed by atoms with Crippen LogP contribution >= 0.6 is 0 Å². The molecule has 30 heavy (non-hydrogen) atoms. The van der Waals surface area contributed by atoms with Gasteiger partial charge in [0, 0.05) is 13.1 Å². The van der Waals surface area contributed by atoms with Gasteiger partial charge >= 0.3 is 22.9 Å². The van der Waals surface area contributed by atoms with E-state index in [0.717, 1.165) is 25.9 Å². The SMILES string of the molecule is CS(=O)(=O)N1CCCC1.O=S(=O)(NS(=O)(=O)C(F)(F)C(F)(F)F)C(F)(F)C(F)(F)F. The van der Waals surface area contributed by atoms with Gasteiger partial charge in [0.2, 0.25) is 10.0 Å². The van der Waals surface area contributed by atoms with Gasteiger partial charge in [0.1, 0.15) is 0 Å². The molecule has 21 heteroatoms. The van der Waals surface area contributed by atoms with Crippen molar-refractivity contribution in [2.45, 2.75) is 35.7 Å². The molecule has 1 aliphatic heterocycles. The van der Waals surface area contributed by atoms with Gasteiger partial charge in [-0.3, -0.25) is 0 Å². The highest BCUT2D eigenvalue weighted by Gasteiger charge is 2.73. The molecule has 0 bridgehead atoms. The van der Waals surface area contributed by atoms with E-state index in [1.165, 1.54) is 10.6 Å². The minimum Gasteiger partial charge on any atom is -0.213 e. The largest absolute Gasteiger partial charge is 0.471 e. The van der Waals surface area contributed by atoms with Gasteiger partial charge in [-0.2, -0.15) is 43.9 Å². The summed E-state index contributed by atoms with van der Waals surface area (Å²) in [6, 6.07) is 0. The van der Waals surface area contributed by atoms with Crippen molar-refractivity contribution in [3.63, 3.8) is 0 Å². The van der Waals surface area contributed by atoms with Crippen LogP contribution in [-0.2, 0) is 30.1 Å². The molecule has 1 fully saturated rings. The number of alkyl halides is 10. The predicted molar refractivity (Wildman–Crippen MR) is 78.6 cm³/mol. The van der Waals surface area contributed by atoms with Gasteiger partial charge in [0.25, 0.3) is 20.0 Å². The van der Waals surface area contributed by atoms with E-state index >= 15 is 0 Å². The van der Waals surface area contributed by atoms with Crippen LogP contribution in [-0.4, -0.2) is 71.8 Å². The fourth-order valence-corrected chi connectivity index (χ4v) is 5.10. The third kappa shape index (κ3) is 6.29. The van der Waals surface area contributed by atoms with Crippen LogP contribution in [0, 0.1) is 0 Å². The van der Waals surface area contributed by atoms with Crippen LogP contribution in [0.3, 0.4) is 0 Å². The summed E-state index contributed by atoms with van der Waals surface area (Å²) < 4.78 is 183. The quantitative estimate of drug-likeness (QED) is 0.540. The molecule has 0 amide bonds. The van der Waals surface area contributed by atoms with Crippen LogP contribution in [0.1, 0.15) is 12.8 Å². The second kappa shape index (κ2) is 8.54. The molecular weight excluding hydrogens is 518 g/mol. The molecule has 0 unspecified atom stereocenters. The number of nitrogens with zero attached hydrogens (tertiary/aromatic N) is 1. The Bertz CT molecular complexity index is 863. The Hall–Kier alpha value is -0.930. The first-order chi connectivity index (χ1) is 12.8. The van der Waals surface area contributed by atoms with E-state index in [1.54, 1.807) is 0 Å². The van der Waals surface area contributed by atoms with E-state index in [2.05, 4.69) is 0 Å². The van der Waals surface area contributed by atoms with Gasteiger partial charge < -0.3 is 0 Å². The Morgan fingerprint density at radius 2 is 0.900 bits per heavy atom. The fraction of sp³-hybridized carbons (Fsp3) is 1.00. The molecule has 1 saturated heterocycles. The Labute approximate surface area is 163 Å². The highest BCUT2D eigenvalue weighted by molar-refractivity contribution is 8.05. The van der Waals surface area contributed by atoms with E-state index in [1.807, 2.05) is 0 Å². The molecule has 0 aromatic carbocycles. The van der Waals surface area contributed by atoms with Crippen molar-refractivity contribution < 1.29 is 69.2 Å². The fourth-order valence-electron chi connectivity index (χ4n) is 1.57. The molecule has 1 N–H and O–H groups in total. The van der Waals surface area contributed by atoms with E-state index in [0.29, 0.717) is 0 Å². The average molecular weight is 530 g/mol. The summed E-state index contributed by atoms with van der Waals surface area (Å²) in [5.41, 5.74) is 0. The Morgan fingerprint density at radius 3 is 1.07 bits per heavy atom. The smallest absolute Gasteiger partial charge is 0.213 e. The molecule has 1 aliphatic rings. The summed E-state index contributed by atoms with van der Waals surface area (Å²) in [4.78, 5) is 0. The van der Waals surface area contributed by atoms with Crippen LogP contribution in [0.5, 0.6) is 0 Å². The zero-order valence-electron chi connectivity index (χ0n) is 14.2. The average Bonchev–Trinajstić information content (AvgIpc) is 2.98. The van der Waals surface area contributed by atoms with Crippen LogP contribution < -0.4 is 4.13 Å². The van der Waals surface area contributed by atoms with Crippen molar-refractivity contribution in [2.75, 3.05) is 19.3 Å². The molecule has 0 radical (unpaired) electrons. The number of sulfonamides is 3. The lowest BCUT2D eigenvalue weighted by Crippen LogP contribution is -2.57. The van der Waals surface area contributed by atoms with E-state index < -0.39 is 57.1 Å². The van der Waals surface area contributed by atoms with Crippen LogP contribution in [0.15, 0.2) is 0 Å². The minimum atomic E-state index is -7.49. The third-order valence-corrected chi connectivity index (χ3v) is 7.96. The maximum Gasteiger partial charge on any atom is 0.471 e. The number of halogens is 10. The van der Waals surface area contributed by atoms with E-state index in [-0.39, 0.29) is 0 Å². The summed E-state index contributed by atoms with van der Waals surface area (Å²) in [5, 5.41) is -13.9. The molecule has 182 valence electrons. The Balaban J connectivity index is 0.000000769. The standard InChI is InChI=1S/C5H11NO2S.C4HF10NO4S2/c1-9(7,8)6-4-2-3-5-6;5-1(6,7)3(11,12)20(16,17)15-21(18,19)4(13,14)2(8,9)10/h2-5H2,1H3;15H. The lowest BCUT2D eigenvalue weighted by atomic mass is 10.4. The van der Waals surface area contributed by atoms with E-state index in [4.69, 9.17) is 0 Å². The number of hydrogen-bond donors (Lipinski definition) is 1. The Morgan fingerprint density at radius 1 is 0.633 bits per heavy atom. The summed E-state index contributed by atoms with van der Waals surface area (Å²) in [6.45, 7) is 1.44. The molecule has 1 heterocycles. The molecule has 0 atom stereocenters. The van der Waals surface area contributed by atoms with Crippen molar-refractivity contribution in [3.05, 3.63) is 0 Å². The summed E-state index contributed by atoms with van der Waals surface area (Å²) >= 11 is 0. The first kappa shape index (κ1) is 29.1. The normalized spacial score (nSPS) is 18.1. The van der Waals surface area contributed by atoms with Gasteiger partial charge in [-0.1, -0.05) is 4.13 Å². The lowest BCUT2D eigenvalue weighted by molar-refractivity contribution is -0.242. The molecule has 0 aromatic rings. The molecule has 0 aromatic heterocycles. The van der Waals surface area contributed by atoms with Crippen molar-refractivity contribution in [1.82, 2.24) is 8.43 Å². The molecule has 0 saturated carbocycles. The summed E-state index contributed by atoms with van der Waals surface area (Å²) in [5.74, 6) is 0. The topological polar surface area (TPSA) is 118 Å². The van der Waals surface area contributed by atoms with E-state index in [9.17, 15) is 69.2 Å². The second-order valence-corrected chi connectivity index (χ2v) is 11.2. The zero-order valence-corrected chi connectivity index (χ0v) is 16.7. The summed E-state index contributed by atoms with van der Waals surface area (Å²) in [7, 11) is -17.9. The molecular formula is C9H12F10N2O6S3. The maximum atomic E-state index is 12.4. The lowest BCUT2D eigenvalue weighted by Gasteiger charge is -2.23. The van der Waals surface area contributed by atoms with Crippen molar-refractivity contribution in [3.8, 4) is 0 Å². The number of nitrogens with one attached hydrogen (secondary N) is 1. The molecule has 0 aliphatic carbocycles. The predicted octanol–water partition coefficient (Wildman–Crippen LogP) is 1.59. The van der Waals surface area contributed by atoms with Gasteiger partial charge in [-0.25, -0.2) is 29.6 Å². The molecule has 8 nitrogen and oxygen atoms in total. The summed E-state index contributed by atoms with van der Waals surface area (Å²) in [6.07, 6.45) is -10.6. The van der Waals surface area contributed by atoms with Crippen LogP contribution in [0.2, 0.25) is 0 Å².